The number of aryl methyl sites for hydroxylation is 2. The third-order valence-corrected chi connectivity index (χ3v) is 3.87. The van der Waals surface area contributed by atoms with E-state index < -0.39 is 6.03 Å². The van der Waals surface area contributed by atoms with Gasteiger partial charge in [0.05, 0.1) is 6.54 Å². The standard InChI is InChI=1S/C16H24N4O2/c1-11-4-5-14(12(2)8-11)18-16(22)19-15(21)10-20-7-6-17-9-13(20)3/h4-5,8,13,17H,6-7,9-10H2,1-3H3,(H2,18,19,21,22)/t13-/m0/s1. The molecule has 0 aliphatic carbocycles. The van der Waals surface area contributed by atoms with Crippen LogP contribution < -0.4 is 16.0 Å². The molecular weight excluding hydrogens is 280 g/mol. The van der Waals surface area contributed by atoms with Crippen molar-refractivity contribution in [3.8, 4) is 0 Å². The van der Waals surface area contributed by atoms with Crippen molar-refractivity contribution in [2.24, 2.45) is 0 Å². The molecule has 0 spiro atoms. The first-order chi connectivity index (χ1) is 10.5. The van der Waals surface area contributed by atoms with Gasteiger partial charge in [0, 0.05) is 31.4 Å². The molecule has 6 heteroatoms. The number of hydrogen-bond donors (Lipinski definition) is 3. The molecule has 6 nitrogen and oxygen atoms in total. The number of urea groups is 1. The van der Waals surface area contributed by atoms with Gasteiger partial charge in [0.15, 0.2) is 0 Å². The Labute approximate surface area is 131 Å². The topological polar surface area (TPSA) is 73.5 Å². The number of amides is 3. The molecule has 1 fully saturated rings. The first-order valence-corrected chi connectivity index (χ1v) is 7.58. The quantitative estimate of drug-likeness (QED) is 0.786. The summed E-state index contributed by atoms with van der Waals surface area (Å²) in [5.74, 6) is -0.281. The fraction of sp³-hybridized carbons (Fsp3) is 0.500. The number of piperazine rings is 1. The van der Waals surface area contributed by atoms with Crippen molar-refractivity contribution in [1.82, 2.24) is 15.5 Å². The maximum atomic E-state index is 12.0. The van der Waals surface area contributed by atoms with Crippen LogP contribution in [0.4, 0.5) is 10.5 Å². The molecule has 1 atom stereocenters. The number of imide groups is 1. The highest BCUT2D eigenvalue weighted by Gasteiger charge is 2.21. The van der Waals surface area contributed by atoms with E-state index in [4.69, 9.17) is 0 Å². The molecule has 1 aromatic carbocycles. The van der Waals surface area contributed by atoms with Gasteiger partial charge in [0.25, 0.3) is 0 Å². The molecule has 1 aliphatic rings. The monoisotopic (exact) mass is 304 g/mol. The van der Waals surface area contributed by atoms with Crippen molar-refractivity contribution in [3.63, 3.8) is 0 Å². The number of nitrogens with one attached hydrogen (secondary N) is 3. The molecule has 0 saturated carbocycles. The summed E-state index contributed by atoms with van der Waals surface area (Å²) in [6.45, 7) is 8.77. The van der Waals surface area contributed by atoms with E-state index in [9.17, 15) is 9.59 Å². The zero-order chi connectivity index (χ0) is 16.1. The van der Waals surface area contributed by atoms with Crippen molar-refractivity contribution >= 4 is 17.6 Å². The third-order valence-electron chi connectivity index (χ3n) is 3.87. The van der Waals surface area contributed by atoms with Gasteiger partial charge in [0.1, 0.15) is 0 Å². The first kappa shape index (κ1) is 16.5. The Morgan fingerprint density at radius 3 is 2.82 bits per heavy atom. The van der Waals surface area contributed by atoms with Gasteiger partial charge in [-0.15, -0.1) is 0 Å². The zero-order valence-electron chi connectivity index (χ0n) is 13.4. The molecule has 0 unspecified atom stereocenters. The normalized spacial score (nSPS) is 18.8. The Kier molecular flexibility index (Phi) is 5.51. The van der Waals surface area contributed by atoms with E-state index >= 15 is 0 Å². The predicted molar refractivity (Wildman–Crippen MR) is 87.0 cm³/mol. The highest BCUT2D eigenvalue weighted by molar-refractivity contribution is 6.02. The smallest absolute Gasteiger partial charge is 0.314 e. The van der Waals surface area contributed by atoms with Crippen LogP contribution in [0.3, 0.4) is 0 Å². The molecule has 1 aliphatic heterocycles. The first-order valence-electron chi connectivity index (χ1n) is 7.58. The number of carbonyl (C=O) groups is 2. The van der Waals surface area contributed by atoms with Crippen molar-refractivity contribution < 1.29 is 9.59 Å². The van der Waals surface area contributed by atoms with E-state index in [1.165, 1.54) is 0 Å². The Morgan fingerprint density at radius 1 is 1.36 bits per heavy atom. The van der Waals surface area contributed by atoms with Gasteiger partial charge in [0.2, 0.25) is 5.91 Å². The number of carbonyl (C=O) groups excluding carboxylic acids is 2. The summed E-state index contributed by atoms with van der Waals surface area (Å²) in [5.41, 5.74) is 2.82. The Bertz CT molecular complexity index is 559. The van der Waals surface area contributed by atoms with Gasteiger partial charge in [-0.25, -0.2) is 4.79 Å². The molecular formula is C16H24N4O2. The van der Waals surface area contributed by atoms with Crippen LogP contribution in [0.25, 0.3) is 0 Å². The Morgan fingerprint density at radius 2 is 2.14 bits per heavy atom. The molecule has 3 amide bonds. The minimum atomic E-state index is -0.486. The molecule has 3 N–H and O–H groups in total. The van der Waals surface area contributed by atoms with Crippen LogP contribution >= 0.6 is 0 Å². The molecule has 22 heavy (non-hydrogen) atoms. The number of hydrogen-bond acceptors (Lipinski definition) is 4. The van der Waals surface area contributed by atoms with Gasteiger partial charge in [-0.2, -0.15) is 0 Å². The SMILES string of the molecule is Cc1ccc(NC(=O)NC(=O)CN2CCNC[C@@H]2C)c(C)c1. The largest absolute Gasteiger partial charge is 0.325 e. The fourth-order valence-electron chi connectivity index (χ4n) is 2.58. The number of nitrogens with zero attached hydrogens (tertiary/aromatic N) is 1. The third kappa shape index (κ3) is 4.54. The number of benzene rings is 1. The van der Waals surface area contributed by atoms with Crippen LogP contribution in [-0.2, 0) is 4.79 Å². The molecule has 1 aromatic rings. The predicted octanol–water partition coefficient (Wildman–Crippen LogP) is 1.25. The summed E-state index contributed by atoms with van der Waals surface area (Å²) >= 11 is 0. The van der Waals surface area contributed by atoms with Gasteiger partial charge in [-0.1, -0.05) is 17.7 Å². The second kappa shape index (κ2) is 7.38. The summed E-state index contributed by atoms with van der Waals surface area (Å²) in [6, 6.07) is 5.56. The molecule has 0 aromatic heterocycles. The van der Waals surface area contributed by atoms with E-state index in [2.05, 4.69) is 27.8 Å². The summed E-state index contributed by atoms with van der Waals surface area (Å²) < 4.78 is 0. The lowest BCUT2D eigenvalue weighted by Gasteiger charge is -2.33. The summed E-state index contributed by atoms with van der Waals surface area (Å²) in [7, 11) is 0. The van der Waals surface area contributed by atoms with E-state index in [0.29, 0.717) is 11.7 Å². The highest BCUT2D eigenvalue weighted by Crippen LogP contribution is 2.15. The zero-order valence-corrected chi connectivity index (χ0v) is 13.4. The average molecular weight is 304 g/mol. The Balaban J connectivity index is 1.84. The minimum absolute atomic E-state index is 0.239. The van der Waals surface area contributed by atoms with Crippen LogP contribution in [0.2, 0.25) is 0 Å². The lowest BCUT2D eigenvalue weighted by Crippen LogP contribution is -2.53. The second-order valence-electron chi connectivity index (χ2n) is 5.84. The van der Waals surface area contributed by atoms with E-state index in [-0.39, 0.29) is 12.5 Å². The van der Waals surface area contributed by atoms with Gasteiger partial charge >= 0.3 is 6.03 Å². The summed E-state index contributed by atoms with van der Waals surface area (Å²) in [5, 5.41) is 8.37. The Hall–Kier alpha value is -1.92. The van der Waals surface area contributed by atoms with Gasteiger partial charge in [-0.05, 0) is 32.4 Å². The lowest BCUT2D eigenvalue weighted by atomic mass is 10.1. The van der Waals surface area contributed by atoms with Crippen LogP contribution in [-0.4, -0.2) is 49.1 Å². The van der Waals surface area contributed by atoms with Crippen molar-refractivity contribution in [2.45, 2.75) is 26.8 Å². The van der Waals surface area contributed by atoms with Crippen LogP contribution in [0, 0.1) is 13.8 Å². The highest BCUT2D eigenvalue weighted by atomic mass is 16.2. The van der Waals surface area contributed by atoms with E-state index in [1.54, 1.807) is 0 Å². The fourth-order valence-corrected chi connectivity index (χ4v) is 2.58. The molecule has 0 bridgehead atoms. The molecule has 0 radical (unpaired) electrons. The van der Waals surface area contributed by atoms with Crippen molar-refractivity contribution in [2.75, 3.05) is 31.5 Å². The average Bonchev–Trinajstić information content (AvgIpc) is 2.44. The molecule has 2 rings (SSSR count). The van der Waals surface area contributed by atoms with Crippen LogP contribution in [0.15, 0.2) is 18.2 Å². The second-order valence-corrected chi connectivity index (χ2v) is 5.84. The number of anilines is 1. The van der Waals surface area contributed by atoms with Crippen LogP contribution in [0.5, 0.6) is 0 Å². The van der Waals surface area contributed by atoms with Crippen molar-refractivity contribution in [1.29, 1.82) is 0 Å². The minimum Gasteiger partial charge on any atom is -0.314 e. The van der Waals surface area contributed by atoms with Crippen molar-refractivity contribution in [3.05, 3.63) is 29.3 Å². The van der Waals surface area contributed by atoms with Crippen LogP contribution in [0.1, 0.15) is 18.1 Å². The van der Waals surface area contributed by atoms with Gasteiger partial charge in [-0.3, -0.25) is 15.0 Å². The molecule has 1 saturated heterocycles. The maximum absolute atomic E-state index is 12.0. The van der Waals surface area contributed by atoms with E-state index in [1.807, 2.05) is 32.0 Å². The lowest BCUT2D eigenvalue weighted by molar-refractivity contribution is -0.121. The number of rotatable bonds is 3. The summed E-state index contributed by atoms with van der Waals surface area (Å²) in [4.78, 5) is 25.9. The van der Waals surface area contributed by atoms with Gasteiger partial charge < -0.3 is 10.6 Å². The summed E-state index contributed by atoms with van der Waals surface area (Å²) in [6.07, 6.45) is 0. The molecule has 120 valence electrons. The molecule has 1 heterocycles. The van der Waals surface area contributed by atoms with E-state index in [0.717, 1.165) is 30.8 Å². The maximum Gasteiger partial charge on any atom is 0.325 e.